The van der Waals surface area contributed by atoms with E-state index in [1.807, 2.05) is 0 Å². The largest absolute Gasteiger partial charge is 0.495 e. The van der Waals surface area contributed by atoms with Crippen molar-refractivity contribution >= 4 is 17.6 Å². The van der Waals surface area contributed by atoms with E-state index in [1.165, 1.54) is 13.2 Å². The SMILES string of the molecule is CCOC(=O)c1c(-c2cccc(OC)c2Cl)noc1-c1cnn([C@H]2C[C@@](C)(O)C2)c1C(F)(F)F. The monoisotopic (exact) mass is 499 g/mol. The van der Waals surface area contributed by atoms with E-state index >= 15 is 0 Å². The standard InChI is InChI=1S/C22H21ClF3N3O5/c1-4-33-20(30)15-17(12-6-5-7-14(32-3)16(12)23)28-34-18(15)13-10-27-29(19(13)22(24,25)26)11-8-21(2,31)9-11/h5-7,10-11,31H,4,8-9H2,1-3H3/t11-,21+. The van der Waals surface area contributed by atoms with Crippen LogP contribution in [0.3, 0.4) is 0 Å². The van der Waals surface area contributed by atoms with Crippen LogP contribution >= 0.6 is 11.6 Å². The molecule has 0 spiro atoms. The van der Waals surface area contributed by atoms with Crippen LogP contribution in [0.4, 0.5) is 13.2 Å². The number of aliphatic hydroxyl groups is 1. The van der Waals surface area contributed by atoms with Gasteiger partial charge in [-0.15, -0.1) is 0 Å². The lowest BCUT2D eigenvalue weighted by Gasteiger charge is -2.41. The van der Waals surface area contributed by atoms with Gasteiger partial charge in [0.05, 0.1) is 42.1 Å². The number of methoxy groups -OCH3 is 1. The Morgan fingerprint density at radius 2 is 2.06 bits per heavy atom. The summed E-state index contributed by atoms with van der Waals surface area (Å²) in [5.41, 5.74) is -2.85. The third kappa shape index (κ3) is 4.14. The van der Waals surface area contributed by atoms with Crippen LogP contribution in [-0.2, 0) is 10.9 Å². The molecule has 0 aliphatic heterocycles. The molecule has 0 saturated heterocycles. The zero-order chi connectivity index (χ0) is 24.8. The van der Waals surface area contributed by atoms with Gasteiger partial charge in [-0.05, 0) is 32.8 Å². The van der Waals surface area contributed by atoms with Crippen LogP contribution < -0.4 is 4.74 Å². The van der Waals surface area contributed by atoms with Gasteiger partial charge in [-0.3, -0.25) is 4.68 Å². The summed E-state index contributed by atoms with van der Waals surface area (Å²) < 4.78 is 58.9. The van der Waals surface area contributed by atoms with Crippen molar-refractivity contribution in [2.45, 2.75) is 44.5 Å². The number of aromatic nitrogens is 3. The maximum absolute atomic E-state index is 14.2. The Morgan fingerprint density at radius 3 is 2.65 bits per heavy atom. The molecule has 1 fully saturated rings. The van der Waals surface area contributed by atoms with Crippen LogP contribution in [0.25, 0.3) is 22.6 Å². The van der Waals surface area contributed by atoms with Gasteiger partial charge < -0.3 is 19.1 Å². The molecule has 0 bridgehead atoms. The fraction of sp³-hybridized carbons (Fsp3) is 0.409. The van der Waals surface area contributed by atoms with Gasteiger partial charge in [-0.2, -0.15) is 18.3 Å². The minimum absolute atomic E-state index is 0.0305. The molecule has 0 unspecified atom stereocenters. The number of hydrogen-bond acceptors (Lipinski definition) is 7. The summed E-state index contributed by atoms with van der Waals surface area (Å²) in [6.45, 7) is 3.07. The fourth-order valence-corrected chi connectivity index (χ4v) is 4.41. The number of rotatable bonds is 6. The predicted molar refractivity (Wildman–Crippen MR) is 115 cm³/mol. The maximum Gasteiger partial charge on any atom is 0.433 e. The van der Waals surface area contributed by atoms with Crippen LogP contribution in [0.15, 0.2) is 28.9 Å². The average molecular weight is 500 g/mol. The van der Waals surface area contributed by atoms with E-state index in [-0.39, 0.29) is 47.0 Å². The molecule has 4 rings (SSSR count). The molecule has 8 nitrogen and oxygen atoms in total. The van der Waals surface area contributed by atoms with Crippen molar-refractivity contribution in [1.29, 1.82) is 0 Å². The number of halogens is 4. The first-order valence-corrected chi connectivity index (χ1v) is 10.7. The molecule has 34 heavy (non-hydrogen) atoms. The minimum atomic E-state index is -4.83. The molecular formula is C22H21ClF3N3O5. The molecule has 1 aromatic carbocycles. The highest BCUT2D eigenvalue weighted by Gasteiger charge is 2.47. The highest BCUT2D eigenvalue weighted by Crippen LogP contribution is 2.47. The average Bonchev–Trinajstić information content (AvgIpc) is 3.36. The van der Waals surface area contributed by atoms with Crippen molar-refractivity contribution in [3.05, 3.63) is 40.7 Å². The number of carbonyl (C=O) groups is 1. The first kappa shape index (κ1) is 24.1. The number of benzene rings is 1. The van der Waals surface area contributed by atoms with Gasteiger partial charge in [0.2, 0.25) is 0 Å². The van der Waals surface area contributed by atoms with E-state index in [0.717, 1.165) is 10.9 Å². The third-order valence-corrected chi connectivity index (χ3v) is 6.01. The number of hydrogen-bond donors (Lipinski definition) is 1. The molecule has 3 aromatic rings. The van der Waals surface area contributed by atoms with Gasteiger partial charge in [0.15, 0.2) is 11.5 Å². The molecule has 1 aliphatic carbocycles. The van der Waals surface area contributed by atoms with Crippen molar-refractivity contribution in [3.63, 3.8) is 0 Å². The molecule has 0 atom stereocenters. The fourth-order valence-electron chi connectivity index (χ4n) is 4.12. The Labute approximate surface area is 197 Å². The summed E-state index contributed by atoms with van der Waals surface area (Å²) in [5.74, 6) is -1.10. The lowest BCUT2D eigenvalue weighted by Crippen LogP contribution is -2.43. The van der Waals surface area contributed by atoms with Gasteiger partial charge in [0.25, 0.3) is 0 Å². The van der Waals surface area contributed by atoms with E-state index in [4.69, 9.17) is 25.6 Å². The van der Waals surface area contributed by atoms with Gasteiger partial charge in [0.1, 0.15) is 17.0 Å². The van der Waals surface area contributed by atoms with Gasteiger partial charge in [0, 0.05) is 5.56 Å². The Balaban J connectivity index is 1.91. The molecule has 0 amide bonds. The lowest BCUT2D eigenvalue weighted by atomic mass is 9.77. The summed E-state index contributed by atoms with van der Waals surface area (Å²) >= 11 is 6.38. The summed E-state index contributed by atoms with van der Waals surface area (Å²) in [4.78, 5) is 12.9. The first-order chi connectivity index (χ1) is 16.0. The quantitative estimate of drug-likeness (QED) is 0.468. The normalized spacial score (nSPS) is 20.2. The van der Waals surface area contributed by atoms with E-state index in [1.54, 1.807) is 26.0 Å². The van der Waals surface area contributed by atoms with E-state index in [9.17, 15) is 23.1 Å². The van der Waals surface area contributed by atoms with Crippen molar-refractivity contribution in [3.8, 4) is 28.3 Å². The second-order valence-corrected chi connectivity index (χ2v) is 8.56. The lowest BCUT2D eigenvalue weighted by molar-refractivity contribution is -0.148. The Morgan fingerprint density at radius 1 is 1.35 bits per heavy atom. The smallest absolute Gasteiger partial charge is 0.433 e. The summed E-state index contributed by atoms with van der Waals surface area (Å²) in [6.07, 6.45) is -3.66. The van der Waals surface area contributed by atoms with Crippen LogP contribution in [-0.4, -0.2) is 45.3 Å². The summed E-state index contributed by atoms with van der Waals surface area (Å²) in [7, 11) is 1.40. The molecule has 1 N–H and O–H groups in total. The van der Waals surface area contributed by atoms with Gasteiger partial charge >= 0.3 is 12.1 Å². The molecule has 1 saturated carbocycles. The topological polar surface area (TPSA) is 99.6 Å². The summed E-state index contributed by atoms with van der Waals surface area (Å²) in [6, 6.07) is 4.03. The zero-order valence-electron chi connectivity index (χ0n) is 18.4. The number of nitrogens with zero attached hydrogens (tertiary/aromatic N) is 3. The van der Waals surface area contributed by atoms with Crippen molar-refractivity contribution in [2.75, 3.05) is 13.7 Å². The molecule has 1 aliphatic rings. The third-order valence-electron chi connectivity index (χ3n) is 5.62. The second-order valence-electron chi connectivity index (χ2n) is 8.19. The number of esters is 1. The van der Waals surface area contributed by atoms with Crippen molar-refractivity contribution < 1.29 is 37.1 Å². The molecular weight excluding hydrogens is 479 g/mol. The minimum Gasteiger partial charge on any atom is -0.495 e. The van der Waals surface area contributed by atoms with Crippen molar-refractivity contribution in [2.24, 2.45) is 0 Å². The van der Waals surface area contributed by atoms with Gasteiger partial charge in [-0.1, -0.05) is 28.9 Å². The molecule has 182 valence electrons. The number of alkyl halides is 3. The Bertz CT molecular complexity index is 1230. The molecule has 0 radical (unpaired) electrons. The highest BCUT2D eigenvalue weighted by molar-refractivity contribution is 6.35. The summed E-state index contributed by atoms with van der Waals surface area (Å²) in [5, 5.41) is 17.9. The van der Waals surface area contributed by atoms with E-state index in [2.05, 4.69) is 10.3 Å². The molecule has 2 heterocycles. The first-order valence-electron chi connectivity index (χ1n) is 10.4. The molecule has 12 heteroatoms. The van der Waals surface area contributed by atoms with Gasteiger partial charge in [-0.25, -0.2) is 4.79 Å². The zero-order valence-corrected chi connectivity index (χ0v) is 19.2. The molecule has 2 aromatic heterocycles. The van der Waals surface area contributed by atoms with E-state index in [0.29, 0.717) is 0 Å². The van der Waals surface area contributed by atoms with Crippen LogP contribution in [0.1, 0.15) is 48.8 Å². The van der Waals surface area contributed by atoms with E-state index < -0.39 is 40.8 Å². The van der Waals surface area contributed by atoms with Crippen LogP contribution in [0.2, 0.25) is 5.02 Å². The highest BCUT2D eigenvalue weighted by atomic mass is 35.5. The van der Waals surface area contributed by atoms with Crippen molar-refractivity contribution in [1.82, 2.24) is 14.9 Å². The second kappa shape index (κ2) is 8.62. The predicted octanol–water partition coefficient (Wildman–Crippen LogP) is 5.15. The Hall–Kier alpha value is -3.05. The number of ether oxygens (including phenoxy) is 2. The van der Waals surface area contributed by atoms with Crippen LogP contribution in [0, 0.1) is 0 Å². The number of carbonyl (C=O) groups excluding carboxylic acids is 1. The Kier molecular flexibility index (Phi) is 6.11. The maximum atomic E-state index is 14.2. The van der Waals surface area contributed by atoms with Crippen LogP contribution in [0.5, 0.6) is 5.75 Å².